The van der Waals surface area contributed by atoms with Crippen LogP contribution in [0.4, 0.5) is 5.13 Å². The van der Waals surface area contributed by atoms with E-state index in [1.54, 1.807) is 17.0 Å². The van der Waals surface area contributed by atoms with Gasteiger partial charge in [-0.05, 0) is 30.7 Å². The summed E-state index contributed by atoms with van der Waals surface area (Å²) in [7, 11) is 0. The fraction of sp³-hybridized carbons (Fsp3) is 0.368. The molecule has 148 valence electrons. The minimum Gasteiger partial charge on any atom is -0.379 e. The first-order valence-corrected chi connectivity index (χ1v) is 11.4. The number of ether oxygens (including phenoxy) is 1. The molecule has 0 atom stereocenters. The van der Waals surface area contributed by atoms with Crippen molar-refractivity contribution in [1.82, 2.24) is 9.88 Å². The summed E-state index contributed by atoms with van der Waals surface area (Å²) >= 11 is 15.1. The lowest BCUT2D eigenvalue weighted by Gasteiger charge is -2.27. The highest BCUT2D eigenvalue weighted by Crippen LogP contribution is 2.34. The number of thiophene rings is 1. The second-order valence-electron chi connectivity index (χ2n) is 6.45. The molecular weight excluding hydrogens is 437 g/mol. The first-order chi connectivity index (χ1) is 13.6. The van der Waals surface area contributed by atoms with Crippen molar-refractivity contribution >= 4 is 67.1 Å². The second-order valence-corrected chi connectivity index (χ2v) is 9.58. The molecular formula is C19H19Cl2N3O2S2. The summed E-state index contributed by atoms with van der Waals surface area (Å²) in [6.45, 7) is 4.92. The number of morpholine rings is 1. The van der Waals surface area contributed by atoms with Gasteiger partial charge in [-0.15, -0.1) is 11.3 Å². The van der Waals surface area contributed by atoms with Gasteiger partial charge >= 0.3 is 0 Å². The number of anilines is 1. The van der Waals surface area contributed by atoms with Gasteiger partial charge in [-0.1, -0.05) is 40.6 Å². The third kappa shape index (κ3) is 4.50. The van der Waals surface area contributed by atoms with Crippen LogP contribution in [0.3, 0.4) is 0 Å². The molecule has 28 heavy (non-hydrogen) atoms. The van der Waals surface area contributed by atoms with Crippen LogP contribution in [-0.4, -0.2) is 55.2 Å². The van der Waals surface area contributed by atoms with Crippen LogP contribution in [-0.2, 0) is 4.74 Å². The summed E-state index contributed by atoms with van der Waals surface area (Å²) in [5, 5.41) is 1.26. The Kier molecular flexibility index (Phi) is 6.50. The Bertz CT molecular complexity index is 969. The Balaban J connectivity index is 1.56. The molecule has 1 saturated heterocycles. The Hall–Kier alpha value is -1.22. The quantitative estimate of drug-likeness (QED) is 0.522. The maximum atomic E-state index is 13.2. The van der Waals surface area contributed by atoms with Gasteiger partial charge in [0.05, 0.1) is 32.1 Å². The number of aromatic nitrogens is 1. The minimum atomic E-state index is -0.0749. The molecule has 1 amide bonds. The van der Waals surface area contributed by atoms with Gasteiger partial charge in [-0.25, -0.2) is 4.98 Å². The lowest BCUT2D eigenvalue weighted by molar-refractivity contribution is 0.0376. The predicted octanol–water partition coefficient (Wildman–Crippen LogP) is 5.03. The number of benzene rings is 1. The monoisotopic (exact) mass is 455 g/mol. The van der Waals surface area contributed by atoms with Crippen LogP contribution in [0, 0.1) is 0 Å². The first kappa shape index (κ1) is 20.1. The van der Waals surface area contributed by atoms with Crippen LogP contribution in [0.2, 0.25) is 9.36 Å². The molecule has 0 aliphatic carbocycles. The van der Waals surface area contributed by atoms with Gasteiger partial charge < -0.3 is 4.74 Å². The number of hydrogen-bond donors (Lipinski definition) is 0. The normalized spacial score (nSPS) is 15.2. The average Bonchev–Trinajstić information content (AvgIpc) is 3.33. The Morgan fingerprint density at radius 1 is 1.18 bits per heavy atom. The SMILES string of the molecule is O=C(c1ccc(Cl)s1)N(CCCN1CCOCC1)c1nc2c(Cl)cccc2s1. The van der Waals surface area contributed by atoms with E-state index in [9.17, 15) is 4.79 Å². The summed E-state index contributed by atoms with van der Waals surface area (Å²) in [6, 6.07) is 9.21. The Morgan fingerprint density at radius 2 is 2.00 bits per heavy atom. The number of hydrogen-bond acceptors (Lipinski definition) is 6. The number of carbonyl (C=O) groups excluding carboxylic acids is 1. The second kappa shape index (κ2) is 9.07. The molecule has 0 N–H and O–H groups in total. The van der Waals surface area contributed by atoms with E-state index in [2.05, 4.69) is 9.88 Å². The number of halogens is 2. The predicted molar refractivity (Wildman–Crippen MR) is 118 cm³/mol. The third-order valence-electron chi connectivity index (χ3n) is 4.58. The molecule has 1 aliphatic heterocycles. The molecule has 0 spiro atoms. The zero-order chi connectivity index (χ0) is 19.5. The molecule has 5 nitrogen and oxygen atoms in total. The largest absolute Gasteiger partial charge is 0.379 e. The van der Waals surface area contributed by atoms with Crippen molar-refractivity contribution in [1.29, 1.82) is 0 Å². The zero-order valence-corrected chi connectivity index (χ0v) is 18.2. The molecule has 3 aromatic rings. The van der Waals surface area contributed by atoms with Crippen LogP contribution < -0.4 is 4.90 Å². The lowest BCUT2D eigenvalue weighted by Crippen LogP contribution is -2.39. The molecule has 9 heteroatoms. The Labute approximate surface area is 181 Å². The maximum Gasteiger partial charge on any atom is 0.270 e. The number of thiazole rings is 1. The first-order valence-electron chi connectivity index (χ1n) is 9.04. The number of para-hydroxylation sites is 1. The van der Waals surface area contributed by atoms with Crippen LogP contribution in [0.1, 0.15) is 16.1 Å². The summed E-state index contributed by atoms with van der Waals surface area (Å²) < 4.78 is 6.97. The van der Waals surface area contributed by atoms with E-state index in [0.717, 1.165) is 49.5 Å². The molecule has 3 heterocycles. The van der Waals surface area contributed by atoms with Crippen LogP contribution >= 0.6 is 45.9 Å². The van der Waals surface area contributed by atoms with Crippen LogP contribution in [0.5, 0.6) is 0 Å². The molecule has 1 aliphatic rings. The van der Waals surface area contributed by atoms with Crippen molar-refractivity contribution in [2.24, 2.45) is 0 Å². The standard InChI is InChI=1S/C19H19Cl2N3O2S2/c20-13-3-1-4-14-17(13)22-19(28-14)24(18(25)15-5-6-16(21)27-15)8-2-7-23-9-11-26-12-10-23/h1,3-6H,2,7-12H2. The Morgan fingerprint density at radius 3 is 2.71 bits per heavy atom. The highest BCUT2D eigenvalue weighted by Gasteiger charge is 2.23. The van der Waals surface area contributed by atoms with E-state index in [-0.39, 0.29) is 5.91 Å². The molecule has 0 saturated carbocycles. The zero-order valence-electron chi connectivity index (χ0n) is 15.1. The fourth-order valence-electron chi connectivity index (χ4n) is 3.14. The van der Waals surface area contributed by atoms with Gasteiger partial charge in [0.1, 0.15) is 5.52 Å². The van der Waals surface area contributed by atoms with Crippen LogP contribution in [0.25, 0.3) is 10.2 Å². The van der Waals surface area contributed by atoms with Gasteiger partial charge in [0.2, 0.25) is 0 Å². The number of amides is 1. The van der Waals surface area contributed by atoms with Crippen molar-refractivity contribution in [3.8, 4) is 0 Å². The van der Waals surface area contributed by atoms with E-state index in [0.29, 0.717) is 25.9 Å². The molecule has 2 aromatic heterocycles. The topological polar surface area (TPSA) is 45.7 Å². The summed E-state index contributed by atoms with van der Waals surface area (Å²) in [6.07, 6.45) is 0.856. The molecule has 1 aromatic carbocycles. The average molecular weight is 456 g/mol. The minimum absolute atomic E-state index is 0.0749. The number of fused-ring (bicyclic) bond motifs is 1. The van der Waals surface area contributed by atoms with Gasteiger partial charge in [0.15, 0.2) is 5.13 Å². The van der Waals surface area contributed by atoms with E-state index in [1.165, 1.54) is 22.7 Å². The number of nitrogens with zero attached hydrogens (tertiary/aromatic N) is 3. The van der Waals surface area contributed by atoms with Crippen molar-refractivity contribution in [3.05, 3.63) is 44.6 Å². The molecule has 1 fully saturated rings. The van der Waals surface area contributed by atoms with E-state index in [4.69, 9.17) is 27.9 Å². The fourth-order valence-corrected chi connectivity index (χ4v) is 5.42. The number of carbonyl (C=O) groups is 1. The van der Waals surface area contributed by atoms with E-state index < -0.39 is 0 Å². The summed E-state index contributed by atoms with van der Waals surface area (Å²) in [5.41, 5.74) is 0.736. The number of rotatable bonds is 6. The molecule has 0 radical (unpaired) electrons. The summed E-state index contributed by atoms with van der Waals surface area (Å²) in [4.78, 5) is 22.6. The van der Waals surface area contributed by atoms with E-state index in [1.807, 2.05) is 18.2 Å². The highest BCUT2D eigenvalue weighted by atomic mass is 35.5. The van der Waals surface area contributed by atoms with Crippen molar-refractivity contribution in [2.45, 2.75) is 6.42 Å². The summed E-state index contributed by atoms with van der Waals surface area (Å²) in [5.74, 6) is -0.0749. The van der Waals surface area contributed by atoms with Crippen molar-refractivity contribution < 1.29 is 9.53 Å². The molecule has 0 unspecified atom stereocenters. The van der Waals surface area contributed by atoms with Gasteiger partial charge in [0.25, 0.3) is 5.91 Å². The van der Waals surface area contributed by atoms with Gasteiger partial charge in [0, 0.05) is 26.2 Å². The van der Waals surface area contributed by atoms with Crippen LogP contribution in [0.15, 0.2) is 30.3 Å². The highest BCUT2D eigenvalue weighted by molar-refractivity contribution is 7.22. The van der Waals surface area contributed by atoms with Crippen molar-refractivity contribution in [2.75, 3.05) is 44.3 Å². The molecule has 4 rings (SSSR count). The van der Waals surface area contributed by atoms with E-state index >= 15 is 0 Å². The van der Waals surface area contributed by atoms with Gasteiger partial charge in [-0.2, -0.15) is 0 Å². The van der Waals surface area contributed by atoms with Gasteiger partial charge in [-0.3, -0.25) is 14.6 Å². The van der Waals surface area contributed by atoms with Crippen molar-refractivity contribution in [3.63, 3.8) is 0 Å². The molecule has 0 bridgehead atoms. The third-order valence-corrected chi connectivity index (χ3v) is 7.15. The smallest absolute Gasteiger partial charge is 0.270 e. The maximum absolute atomic E-state index is 13.2. The lowest BCUT2D eigenvalue weighted by atomic mass is 10.3.